The van der Waals surface area contributed by atoms with Crippen LogP contribution in [0.3, 0.4) is 0 Å². The molecule has 2 atom stereocenters. The molecular formula is C23H27ClFN5O3. The van der Waals surface area contributed by atoms with Gasteiger partial charge >= 0.3 is 0 Å². The van der Waals surface area contributed by atoms with Crippen molar-refractivity contribution in [2.45, 2.75) is 56.1 Å². The molecule has 0 radical (unpaired) electrons. The Labute approximate surface area is 195 Å². The Morgan fingerprint density at radius 2 is 1.94 bits per heavy atom. The fourth-order valence-electron chi connectivity index (χ4n) is 5.46. The van der Waals surface area contributed by atoms with Gasteiger partial charge in [-0.15, -0.1) is 0 Å². The zero-order valence-corrected chi connectivity index (χ0v) is 19.0. The number of anilines is 2. The van der Waals surface area contributed by atoms with Crippen molar-refractivity contribution in [3.8, 4) is 0 Å². The van der Waals surface area contributed by atoms with E-state index in [-0.39, 0.29) is 40.5 Å². The number of nitrogens with one attached hydrogen (secondary N) is 2. The largest absolute Gasteiger partial charge is 0.383 e. The number of amides is 2. The van der Waals surface area contributed by atoms with Gasteiger partial charge in [0, 0.05) is 24.7 Å². The number of hydrogen-bond donors (Lipinski definition) is 4. The molecule has 5 N–H and O–H groups in total. The van der Waals surface area contributed by atoms with Crippen molar-refractivity contribution in [2.75, 3.05) is 11.1 Å². The van der Waals surface area contributed by atoms with E-state index in [4.69, 9.17) is 17.3 Å². The number of carbonyl (C=O) groups excluding carboxylic acids is 2. The van der Waals surface area contributed by atoms with Crippen LogP contribution >= 0.6 is 11.6 Å². The predicted octanol–water partition coefficient (Wildman–Crippen LogP) is 2.96. The molecule has 2 aromatic rings. The van der Waals surface area contributed by atoms with Crippen molar-refractivity contribution >= 4 is 34.9 Å². The minimum atomic E-state index is -1.31. The summed E-state index contributed by atoms with van der Waals surface area (Å²) in [5.74, 6) is -0.656. The fraction of sp³-hybridized carbons (Fsp3) is 0.522. The van der Waals surface area contributed by atoms with Gasteiger partial charge in [-0.3, -0.25) is 14.3 Å². The summed E-state index contributed by atoms with van der Waals surface area (Å²) in [6.07, 6.45) is 4.25. The number of fused-ring (bicyclic) bond motifs is 1. The number of nitrogens with two attached hydrogens (primary N) is 1. The van der Waals surface area contributed by atoms with Crippen molar-refractivity contribution in [1.29, 1.82) is 0 Å². The molecule has 3 aliphatic rings. The van der Waals surface area contributed by atoms with Crippen LogP contribution < -0.4 is 16.4 Å². The molecule has 0 bridgehead atoms. The third-order valence-corrected chi connectivity index (χ3v) is 7.58. The second-order valence-electron chi connectivity index (χ2n) is 9.73. The Kier molecular flexibility index (Phi) is 5.36. The van der Waals surface area contributed by atoms with Crippen LogP contribution in [0.2, 0.25) is 5.02 Å². The van der Waals surface area contributed by atoms with Crippen LogP contribution in [0.5, 0.6) is 0 Å². The van der Waals surface area contributed by atoms with Gasteiger partial charge in [0.15, 0.2) is 0 Å². The molecule has 5 rings (SSSR count). The molecule has 2 amide bonds. The summed E-state index contributed by atoms with van der Waals surface area (Å²) in [5.41, 5.74) is 6.14. The average molecular weight is 476 g/mol. The smallest absolute Gasteiger partial charge is 0.261 e. The maximum atomic E-state index is 13.5. The lowest BCUT2D eigenvalue weighted by atomic mass is 9.91. The average Bonchev–Trinajstić information content (AvgIpc) is 3.29. The summed E-state index contributed by atoms with van der Waals surface area (Å²) < 4.78 is 14.9. The second kappa shape index (κ2) is 7.99. The lowest BCUT2D eigenvalue weighted by molar-refractivity contribution is -0.140. The number of rotatable bonds is 5. The molecule has 3 saturated carbocycles. The van der Waals surface area contributed by atoms with E-state index in [1.807, 2.05) is 0 Å². The first-order chi connectivity index (χ1) is 15.6. The SMILES string of the molecule is Cn1nc(C2CC3CC(O)(C(=O)NC4CC4)CC3C2)c(C(=O)Nc2ccc(F)c(Cl)c2)c1N. The van der Waals surface area contributed by atoms with E-state index in [0.717, 1.165) is 25.7 Å². The molecule has 3 aliphatic carbocycles. The molecule has 1 aromatic carbocycles. The number of halogens is 2. The first kappa shape index (κ1) is 22.2. The Bertz CT molecular complexity index is 1120. The van der Waals surface area contributed by atoms with Crippen molar-refractivity contribution in [1.82, 2.24) is 15.1 Å². The molecule has 0 aliphatic heterocycles. The molecule has 176 valence electrons. The lowest BCUT2D eigenvalue weighted by Crippen LogP contribution is -2.46. The number of aromatic nitrogens is 2. The van der Waals surface area contributed by atoms with Crippen molar-refractivity contribution < 1.29 is 19.1 Å². The Morgan fingerprint density at radius 3 is 2.55 bits per heavy atom. The van der Waals surface area contributed by atoms with E-state index in [9.17, 15) is 19.1 Å². The number of aliphatic hydroxyl groups is 1. The minimum absolute atomic E-state index is 0.00269. The highest BCUT2D eigenvalue weighted by atomic mass is 35.5. The Morgan fingerprint density at radius 1 is 1.27 bits per heavy atom. The molecule has 0 saturated heterocycles. The fourth-order valence-corrected chi connectivity index (χ4v) is 5.64. The van der Waals surface area contributed by atoms with Crippen LogP contribution in [-0.4, -0.2) is 38.3 Å². The summed E-state index contributed by atoms with van der Waals surface area (Å²) in [5, 5.41) is 21.0. The zero-order valence-electron chi connectivity index (χ0n) is 18.3. The van der Waals surface area contributed by atoms with E-state index in [0.29, 0.717) is 29.8 Å². The van der Waals surface area contributed by atoms with Crippen LogP contribution in [0.15, 0.2) is 18.2 Å². The highest BCUT2D eigenvalue weighted by Crippen LogP contribution is 2.54. The molecule has 8 nitrogen and oxygen atoms in total. The highest BCUT2D eigenvalue weighted by Gasteiger charge is 2.53. The first-order valence-corrected chi connectivity index (χ1v) is 11.6. The molecule has 10 heteroatoms. The van der Waals surface area contributed by atoms with Gasteiger partial charge < -0.3 is 21.5 Å². The first-order valence-electron chi connectivity index (χ1n) is 11.3. The maximum Gasteiger partial charge on any atom is 0.261 e. The standard InChI is InChI=1S/C23H27ClFN5O3/c1-30-20(26)18(21(31)27-15-4-5-17(25)16(24)8-15)19(29-30)11-6-12-9-23(33,10-13(12)7-11)22(32)28-14-2-3-14/h4-5,8,11-14,33H,2-3,6-7,9-10,26H2,1H3,(H,27,31)(H,28,32). The van der Waals surface area contributed by atoms with Gasteiger partial charge in [0.05, 0.1) is 10.7 Å². The van der Waals surface area contributed by atoms with Crippen molar-refractivity contribution in [3.63, 3.8) is 0 Å². The van der Waals surface area contributed by atoms with E-state index in [1.165, 1.54) is 22.9 Å². The molecule has 33 heavy (non-hydrogen) atoms. The van der Waals surface area contributed by atoms with Crippen LogP contribution in [0.1, 0.15) is 60.5 Å². The van der Waals surface area contributed by atoms with E-state index >= 15 is 0 Å². The summed E-state index contributed by atoms with van der Waals surface area (Å²) in [6.45, 7) is 0. The molecule has 3 fully saturated rings. The third kappa shape index (κ3) is 4.08. The monoisotopic (exact) mass is 475 g/mol. The summed E-state index contributed by atoms with van der Waals surface area (Å²) in [4.78, 5) is 25.6. The highest BCUT2D eigenvalue weighted by molar-refractivity contribution is 6.31. The maximum absolute atomic E-state index is 13.5. The van der Waals surface area contributed by atoms with Crippen molar-refractivity contribution in [2.24, 2.45) is 18.9 Å². The van der Waals surface area contributed by atoms with Crippen LogP contribution in [-0.2, 0) is 11.8 Å². The van der Waals surface area contributed by atoms with Gasteiger partial charge in [-0.2, -0.15) is 5.10 Å². The number of benzene rings is 1. The Hall–Kier alpha value is -2.65. The van der Waals surface area contributed by atoms with Gasteiger partial charge in [0.2, 0.25) is 0 Å². The van der Waals surface area contributed by atoms with Gasteiger partial charge in [0.1, 0.15) is 22.8 Å². The minimum Gasteiger partial charge on any atom is -0.383 e. The van der Waals surface area contributed by atoms with Gasteiger partial charge in [0.25, 0.3) is 11.8 Å². The topological polar surface area (TPSA) is 122 Å². The van der Waals surface area contributed by atoms with Crippen LogP contribution in [0.25, 0.3) is 0 Å². The van der Waals surface area contributed by atoms with Gasteiger partial charge in [-0.25, -0.2) is 4.39 Å². The normalized spacial score (nSPS) is 28.5. The summed E-state index contributed by atoms with van der Waals surface area (Å²) in [6, 6.07) is 4.17. The quantitative estimate of drug-likeness (QED) is 0.529. The second-order valence-corrected chi connectivity index (χ2v) is 10.1. The lowest BCUT2D eigenvalue weighted by Gasteiger charge is -2.23. The molecule has 1 heterocycles. The van der Waals surface area contributed by atoms with Crippen molar-refractivity contribution in [3.05, 3.63) is 40.3 Å². The summed E-state index contributed by atoms with van der Waals surface area (Å²) in [7, 11) is 1.68. The van der Waals surface area contributed by atoms with Gasteiger partial charge in [-0.1, -0.05) is 11.6 Å². The number of nitrogens with zero attached hydrogens (tertiary/aromatic N) is 2. The molecule has 1 aromatic heterocycles. The van der Waals surface area contributed by atoms with Crippen LogP contribution in [0, 0.1) is 17.7 Å². The predicted molar refractivity (Wildman–Crippen MR) is 121 cm³/mol. The van der Waals surface area contributed by atoms with Crippen LogP contribution in [0.4, 0.5) is 15.9 Å². The van der Waals surface area contributed by atoms with Gasteiger partial charge in [-0.05, 0) is 68.6 Å². The number of hydrogen-bond acceptors (Lipinski definition) is 5. The number of carbonyl (C=O) groups is 2. The van der Waals surface area contributed by atoms with E-state index in [1.54, 1.807) is 7.05 Å². The zero-order chi connectivity index (χ0) is 23.5. The van der Waals surface area contributed by atoms with E-state index in [2.05, 4.69) is 15.7 Å². The van der Waals surface area contributed by atoms with E-state index < -0.39 is 17.3 Å². The molecule has 2 unspecified atom stereocenters. The molecule has 0 spiro atoms. The number of aryl methyl sites for hydroxylation is 1. The summed E-state index contributed by atoms with van der Waals surface area (Å²) >= 11 is 5.83. The Balaban J connectivity index is 1.32. The number of nitrogen functional groups attached to an aromatic ring is 1. The third-order valence-electron chi connectivity index (χ3n) is 7.29. The molecular weight excluding hydrogens is 449 g/mol.